The summed E-state index contributed by atoms with van der Waals surface area (Å²) in [5.74, 6) is -0.416. The molecule has 0 radical (unpaired) electrons. The van der Waals surface area contributed by atoms with Crippen molar-refractivity contribution in [2.75, 3.05) is 19.0 Å². The van der Waals surface area contributed by atoms with Crippen molar-refractivity contribution < 1.29 is 13.9 Å². The first kappa shape index (κ1) is 13.4. The van der Waals surface area contributed by atoms with Gasteiger partial charge in [-0.25, -0.2) is 4.39 Å². The van der Waals surface area contributed by atoms with Crippen molar-refractivity contribution in [3.8, 4) is 5.75 Å². The Hall–Kier alpha value is -1.62. The lowest BCUT2D eigenvalue weighted by Crippen LogP contribution is -2.20. The van der Waals surface area contributed by atoms with E-state index in [0.717, 1.165) is 0 Å². The molecule has 5 heteroatoms. The van der Waals surface area contributed by atoms with Crippen LogP contribution in [0.2, 0.25) is 0 Å². The van der Waals surface area contributed by atoms with Crippen molar-refractivity contribution in [3.05, 3.63) is 24.0 Å². The number of hydrogen-bond donors (Lipinski definition) is 2. The molecule has 0 aliphatic heterocycles. The number of benzene rings is 1. The fourth-order valence-corrected chi connectivity index (χ4v) is 1.36. The highest BCUT2D eigenvalue weighted by molar-refractivity contribution is 5.90. The van der Waals surface area contributed by atoms with Crippen LogP contribution in [0.4, 0.5) is 10.1 Å². The maximum Gasteiger partial charge on any atom is 0.224 e. The molecule has 0 bridgehead atoms. The molecule has 0 heterocycles. The van der Waals surface area contributed by atoms with Gasteiger partial charge in [0, 0.05) is 18.2 Å². The number of methoxy groups -OCH3 is 1. The molecular weight excluding hydrogens is 223 g/mol. The van der Waals surface area contributed by atoms with E-state index in [1.807, 2.05) is 6.92 Å². The van der Waals surface area contributed by atoms with Gasteiger partial charge >= 0.3 is 0 Å². The summed E-state index contributed by atoms with van der Waals surface area (Å²) in [6.07, 6.45) is 0.324. The monoisotopic (exact) mass is 240 g/mol. The number of anilines is 1. The molecule has 1 atom stereocenters. The summed E-state index contributed by atoms with van der Waals surface area (Å²) >= 11 is 0. The number of carbonyl (C=O) groups excluding carboxylic acids is 1. The number of carbonyl (C=O) groups is 1. The van der Waals surface area contributed by atoms with Crippen molar-refractivity contribution in [1.29, 1.82) is 0 Å². The summed E-state index contributed by atoms with van der Waals surface area (Å²) < 4.78 is 18.1. The quantitative estimate of drug-likeness (QED) is 0.824. The van der Waals surface area contributed by atoms with Crippen LogP contribution in [0, 0.1) is 11.7 Å². The van der Waals surface area contributed by atoms with Gasteiger partial charge in [0.15, 0.2) is 11.6 Å². The SMILES string of the molecule is COc1ccc(NC(=O)CC(C)CN)cc1F. The first-order valence-corrected chi connectivity index (χ1v) is 5.40. The second-order valence-corrected chi connectivity index (χ2v) is 3.94. The lowest BCUT2D eigenvalue weighted by molar-refractivity contribution is -0.116. The molecule has 17 heavy (non-hydrogen) atoms. The Bertz CT molecular complexity index is 396. The molecule has 0 spiro atoms. The third kappa shape index (κ3) is 4.03. The zero-order chi connectivity index (χ0) is 12.8. The van der Waals surface area contributed by atoms with Crippen LogP contribution < -0.4 is 15.8 Å². The van der Waals surface area contributed by atoms with E-state index < -0.39 is 5.82 Å². The average molecular weight is 240 g/mol. The lowest BCUT2D eigenvalue weighted by atomic mass is 10.1. The second kappa shape index (κ2) is 6.20. The highest BCUT2D eigenvalue weighted by Crippen LogP contribution is 2.20. The standard InChI is InChI=1S/C12H17FN2O2/c1-8(7-14)5-12(16)15-9-3-4-11(17-2)10(13)6-9/h3-4,6,8H,5,7,14H2,1-2H3,(H,15,16). The van der Waals surface area contributed by atoms with Crippen LogP contribution in [0.5, 0.6) is 5.75 Å². The van der Waals surface area contributed by atoms with Crippen molar-refractivity contribution in [2.45, 2.75) is 13.3 Å². The van der Waals surface area contributed by atoms with Crippen molar-refractivity contribution in [3.63, 3.8) is 0 Å². The van der Waals surface area contributed by atoms with Crippen LogP contribution in [0.25, 0.3) is 0 Å². The molecule has 1 unspecified atom stereocenters. The first-order chi connectivity index (χ1) is 8.06. The molecule has 1 amide bonds. The number of nitrogens with two attached hydrogens (primary N) is 1. The lowest BCUT2D eigenvalue weighted by Gasteiger charge is -2.10. The predicted octanol–water partition coefficient (Wildman–Crippen LogP) is 1.76. The van der Waals surface area contributed by atoms with Crippen molar-refractivity contribution >= 4 is 11.6 Å². The summed E-state index contributed by atoms with van der Waals surface area (Å²) in [5, 5.41) is 2.61. The topological polar surface area (TPSA) is 64.3 Å². The average Bonchev–Trinajstić information content (AvgIpc) is 2.29. The highest BCUT2D eigenvalue weighted by atomic mass is 19.1. The zero-order valence-electron chi connectivity index (χ0n) is 10.00. The molecule has 4 nitrogen and oxygen atoms in total. The number of amides is 1. The van der Waals surface area contributed by atoms with Gasteiger partial charge in [0.2, 0.25) is 5.91 Å². The largest absolute Gasteiger partial charge is 0.494 e. The Labute approximate surface area is 100.0 Å². The molecule has 0 saturated heterocycles. The summed E-state index contributed by atoms with van der Waals surface area (Å²) in [6.45, 7) is 2.33. The van der Waals surface area contributed by atoms with E-state index in [-0.39, 0.29) is 17.6 Å². The molecular formula is C12H17FN2O2. The summed E-state index contributed by atoms with van der Waals surface area (Å²) in [4.78, 5) is 11.5. The maximum atomic E-state index is 13.3. The summed E-state index contributed by atoms with van der Waals surface area (Å²) in [6, 6.07) is 4.29. The van der Waals surface area contributed by atoms with Gasteiger partial charge in [-0.15, -0.1) is 0 Å². The van der Waals surface area contributed by atoms with Gasteiger partial charge in [0.25, 0.3) is 0 Å². The zero-order valence-corrected chi connectivity index (χ0v) is 10.00. The van der Waals surface area contributed by atoms with Crippen molar-refractivity contribution in [2.24, 2.45) is 11.7 Å². The van der Waals surface area contributed by atoms with Gasteiger partial charge < -0.3 is 15.8 Å². The molecule has 0 aliphatic rings. The predicted molar refractivity (Wildman–Crippen MR) is 64.4 cm³/mol. The normalized spacial score (nSPS) is 12.0. The van der Waals surface area contributed by atoms with E-state index in [0.29, 0.717) is 18.7 Å². The number of nitrogens with one attached hydrogen (secondary N) is 1. The minimum Gasteiger partial charge on any atom is -0.494 e. The Morgan fingerprint density at radius 3 is 2.82 bits per heavy atom. The van der Waals surface area contributed by atoms with Crippen LogP contribution in [0.15, 0.2) is 18.2 Å². The van der Waals surface area contributed by atoms with E-state index >= 15 is 0 Å². The molecule has 0 fully saturated rings. The molecule has 0 aromatic heterocycles. The summed E-state index contributed by atoms with van der Waals surface area (Å²) in [5.41, 5.74) is 5.83. The number of rotatable bonds is 5. The molecule has 1 aromatic carbocycles. The van der Waals surface area contributed by atoms with Gasteiger partial charge in [-0.3, -0.25) is 4.79 Å². The fraction of sp³-hybridized carbons (Fsp3) is 0.417. The Morgan fingerprint density at radius 1 is 1.59 bits per heavy atom. The Balaban J connectivity index is 2.63. The van der Waals surface area contributed by atoms with Crippen LogP contribution >= 0.6 is 0 Å². The van der Waals surface area contributed by atoms with Gasteiger partial charge in [-0.1, -0.05) is 6.92 Å². The molecule has 0 aliphatic carbocycles. The van der Waals surface area contributed by atoms with E-state index in [1.54, 1.807) is 6.07 Å². The minimum atomic E-state index is -0.503. The minimum absolute atomic E-state index is 0.109. The smallest absolute Gasteiger partial charge is 0.224 e. The van der Waals surface area contributed by atoms with Gasteiger partial charge in [-0.05, 0) is 24.6 Å². The van der Waals surface area contributed by atoms with Gasteiger partial charge in [0.1, 0.15) is 0 Å². The third-order valence-electron chi connectivity index (χ3n) is 2.37. The highest BCUT2D eigenvalue weighted by Gasteiger charge is 2.09. The number of halogens is 1. The Kier molecular flexibility index (Phi) is 4.90. The molecule has 94 valence electrons. The molecule has 0 saturated carbocycles. The fourth-order valence-electron chi connectivity index (χ4n) is 1.36. The molecule has 1 rings (SSSR count). The number of ether oxygens (including phenoxy) is 1. The van der Waals surface area contributed by atoms with Crippen molar-refractivity contribution in [1.82, 2.24) is 0 Å². The maximum absolute atomic E-state index is 13.3. The van der Waals surface area contributed by atoms with E-state index in [2.05, 4.69) is 5.32 Å². The van der Waals surface area contributed by atoms with E-state index in [1.165, 1.54) is 19.2 Å². The van der Waals surface area contributed by atoms with Crippen LogP contribution in [0.1, 0.15) is 13.3 Å². The van der Waals surface area contributed by atoms with Gasteiger partial charge in [0.05, 0.1) is 7.11 Å². The van der Waals surface area contributed by atoms with Crippen LogP contribution in [0.3, 0.4) is 0 Å². The first-order valence-electron chi connectivity index (χ1n) is 5.40. The molecule has 1 aromatic rings. The summed E-state index contributed by atoms with van der Waals surface area (Å²) in [7, 11) is 1.39. The van der Waals surface area contributed by atoms with E-state index in [4.69, 9.17) is 10.5 Å². The third-order valence-corrected chi connectivity index (χ3v) is 2.37. The van der Waals surface area contributed by atoms with Gasteiger partial charge in [-0.2, -0.15) is 0 Å². The van der Waals surface area contributed by atoms with Crippen LogP contribution in [-0.4, -0.2) is 19.6 Å². The second-order valence-electron chi connectivity index (χ2n) is 3.94. The number of hydrogen-bond acceptors (Lipinski definition) is 3. The molecule has 3 N–H and O–H groups in total. The van der Waals surface area contributed by atoms with Crippen LogP contribution in [-0.2, 0) is 4.79 Å². The Morgan fingerprint density at radius 2 is 2.29 bits per heavy atom. The van der Waals surface area contributed by atoms with E-state index in [9.17, 15) is 9.18 Å².